The molecule has 0 radical (unpaired) electrons. The molecule has 3 aliphatic rings. The summed E-state index contributed by atoms with van der Waals surface area (Å²) in [4.78, 5) is 42.9. The molecule has 1 aromatic carbocycles. The molecule has 33 heavy (non-hydrogen) atoms. The number of nitrogens with one attached hydrogen (secondary N) is 3. The number of hydrogen-bond acceptors (Lipinski definition) is 4. The normalized spacial score (nSPS) is 26.9. The van der Waals surface area contributed by atoms with Crippen LogP contribution in [0.4, 0.5) is 4.79 Å². The number of aromatic nitrogens is 1. The van der Waals surface area contributed by atoms with Crippen molar-refractivity contribution in [3.8, 4) is 0 Å². The number of amides is 4. The number of carbonyl (C=O) groups excluding carboxylic acids is 3. The SMILES string of the molecule is CC(C)(C)C1CCc2nc3ccccc3c(C(=O)NCC3CCCC34NC(=O)NC4=O)c2C1. The second-order valence-electron chi connectivity index (χ2n) is 10.9. The van der Waals surface area contributed by atoms with Crippen LogP contribution in [0.5, 0.6) is 0 Å². The molecule has 3 unspecified atom stereocenters. The number of para-hydroxylation sites is 1. The fourth-order valence-electron chi connectivity index (χ4n) is 6.01. The van der Waals surface area contributed by atoms with Gasteiger partial charge in [0.15, 0.2) is 0 Å². The van der Waals surface area contributed by atoms with Crippen molar-refractivity contribution < 1.29 is 14.4 Å². The van der Waals surface area contributed by atoms with E-state index in [-0.39, 0.29) is 23.1 Å². The lowest BCUT2D eigenvalue weighted by molar-refractivity contribution is -0.125. The van der Waals surface area contributed by atoms with Crippen LogP contribution in [-0.2, 0) is 17.6 Å². The van der Waals surface area contributed by atoms with E-state index in [0.717, 1.165) is 59.8 Å². The molecule has 1 spiro atoms. The number of aryl methyl sites for hydroxylation is 1. The Balaban J connectivity index is 1.46. The monoisotopic (exact) mass is 448 g/mol. The van der Waals surface area contributed by atoms with E-state index in [0.29, 0.717) is 18.9 Å². The van der Waals surface area contributed by atoms with Gasteiger partial charge >= 0.3 is 6.03 Å². The lowest BCUT2D eigenvalue weighted by Crippen LogP contribution is -2.53. The molecule has 1 aliphatic heterocycles. The van der Waals surface area contributed by atoms with Gasteiger partial charge in [-0.3, -0.25) is 19.9 Å². The van der Waals surface area contributed by atoms with Crippen molar-refractivity contribution in [2.75, 3.05) is 6.54 Å². The van der Waals surface area contributed by atoms with Gasteiger partial charge in [0.05, 0.1) is 11.1 Å². The largest absolute Gasteiger partial charge is 0.352 e. The maximum Gasteiger partial charge on any atom is 0.322 e. The van der Waals surface area contributed by atoms with Gasteiger partial charge < -0.3 is 10.6 Å². The molecule has 0 bridgehead atoms. The highest BCUT2D eigenvalue weighted by Gasteiger charge is 2.54. The smallest absolute Gasteiger partial charge is 0.322 e. The fourth-order valence-corrected chi connectivity index (χ4v) is 6.01. The summed E-state index contributed by atoms with van der Waals surface area (Å²) >= 11 is 0. The predicted molar refractivity (Wildman–Crippen MR) is 126 cm³/mol. The molecule has 2 aliphatic carbocycles. The van der Waals surface area contributed by atoms with Crippen molar-refractivity contribution in [3.63, 3.8) is 0 Å². The van der Waals surface area contributed by atoms with Crippen molar-refractivity contribution >= 4 is 28.7 Å². The van der Waals surface area contributed by atoms with Crippen molar-refractivity contribution in [2.24, 2.45) is 17.3 Å². The number of urea groups is 1. The van der Waals surface area contributed by atoms with Crippen LogP contribution in [0.1, 0.15) is 68.1 Å². The van der Waals surface area contributed by atoms with Crippen LogP contribution in [0, 0.1) is 17.3 Å². The summed E-state index contributed by atoms with van der Waals surface area (Å²) in [6, 6.07) is 7.39. The van der Waals surface area contributed by atoms with Crippen molar-refractivity contribution in [1.29, 1.82) is 0 Å². The zero-order chi connectivity index (χ0) is 23.4. The minimum Gasteiger partial charge on any atom is -0.352 e. The highest BCUT2D eigenvalue weighted by Crippen LogP contribution is 2.40. The number of imide groups is 1. The molecular formula is C26H32N4O3. The molecule has 1 saturated heterocycles. The van der Waals surface area contributed by atoms with Crippen LogP contribution in [-0.4, -0.2) is 34.9 Å². The highest BCUT2D eigenvalue weighted by atomic mass is 16.2. The van der Waals surface area contributed by atoms with Gasteiger partial charge in [-0.2, -0.15) is 0 Å². The van der Waals surface area contributed by atoms with E-state index in [4.69, 9.17) is 4.98 Å². The van der Waals surface area contributed by atoms with Gasteiger partial charge in [0.2, 0.25) is 0 Å². The van der Waals surface area contributed by atoms with Crippen molar-refractivity contribution in [2.45, 2.75) is 64.8 Å². The molecule has 2 fully saturated rings. The number of carbonyl (C=O) groups is 3. The molecule has 1 saturated carbocycles. The Hall–Kier alpha value is -2.96. The minimum absolute atomic E-state index is 0.119. The van der Waals surface area contributed by atoms with Crippen LogP contribution < -0.4 is 16.0 Å². The highest BCUT2D eigenvalue weighted by molar-refractivity contribution is 6.09. The first-order valence-corrected chi connectivity index (χ1v) is 12.0. The van der Waals surface area contributed by atoms with Crippen LogP contribution >= 0.6 is 0 Å². The summed E-state index contributed by atoms with van der Waals surface area (Å²) < 4.78 is 0. The fraction of sp³-hybridized carbons (Fsp3) is 0.538. The van der Waals surface area contributed by atoms with Gasteiger partial charge in [-0.25, -0.2) is 4.79 Å². The lowest BCUT2D eigenvalue weighted by Gasteiger charge is -2.35. The first kappa shape index (κ1) is 21.9. The maximum absolute atomic E-state index is 13.7. The first-order valence-electron chi connectivity index (χ1n) is 12.0. The average Bonchev–Trinajstić information content (AvgIpc) is 3.30. The van der Waals surface area contributed by atoms with Crippen molar-refractivity contribution in [3.05, 3.63) is 41.1 Å². The predicted octanol–water partition coefficient (Wildman–Crippen LogP) is 3.49. The number of pyridine rings is 1. The van der Waals surface area contributed by atoms with E-state index < -0.39 is 11.6 Å². The molecule has 4 amide bonds. The van der Waals surface area contributed by atoms with Crippen LogP contribution in [0.3, 0.4) is 0 Å². The molecule has 2 heterocycles. The third-order valence-corrected chi connectivity index (χ3v) is 8.01. The summed E-state index contributed by atoms with van der Waals surface area (Å²) in [5.74, 6) is -0.0376. The molecule has 7 heteroatoms. The van der Waals surface area contributed by atoms with Crippen LogP contribution in [0.25, 0.3) is 10.9 Å². The lowest BCUT2D eigenvalue weighted by atomic mass is 9.70. The minimum atomic E-state index is -0.901. The van der Waals surface area contributed by atoms with E-state index in [9.17, 15) is 14.4 Å². The van der Waals surface area contributed by atoms with E-state index in [1.54, 1.807) is 0 Å². The topological polar surface area (TPSA) is 100 Å². The first-order chi connectivity index (χ1) is 15.7. The second-order valence-corrected chi connectivity index (χ2v) is 10.9. The summed E-state index contributed by atoms with van der Waals surface area (Å²) in [6.07, 6.45) is 5.02. The van der Waals surface area contributed by atoms with Gasteiger partial charge in [0.1, 0.15) is 5.54 Å². The number of nitrogens with zero attached hydrogens (tertiary/aromatic N) is 1. The molecule has 5 rings (SSSR count). The third kappa shape index (κ3) is 3.67. The maximum atomic E-state index is 13.7. The van der Waals surface area contributed by atoms with Gasteiger partial charge in [-0.05, 0) is 55.1 Å². The van der Waals surface area contributed by atoms with Gasteiger partial charge in [-0.15, -0.1) is 0 Å². The number of rotatable bonds is 3. The number of hydrogen-bond donors (Lipinski definition) is 3. The quantitative estimate of drug-likeness (QED) is 0.626. The Morgan fingerprint density at radius 3 is 2.73 bits per heavy atom. The summed E-state index contributed by atoms with van der Waals surface area (Å²) in [5.41, 5.74) is 2.90. The Morgan fingerprint density at radius 2 is 2.00 bits per heavy atom. The van der Waals surface area contributed by atoms with E-state index >= 15 is 0 Å². The van der Waals surface area contributed by atoms with Crippen molar-refractivity contribution in [1.82, 2.24) is 20.9 Å². The standard InChI is InChI=1S/C26H32N4O3/c1-25(2,3)15-10-11-20-18(13-15)21(17-8-4-5-9-19(17)28-20)22(31)27-14-16-7-6-12-26(16)23(32)29-24(33)30-26/h4-5,8-9,15-16H,6-7,10-14H2,1-3H3,(H,27,31)(H2,29,30,32,33). The second kappa shape index (κ2) is 7.82. The van der Waals surface area contributed by atoms with Crippen LogP contribution in [0.15, 0.2) is 24.3 Å². The molecular weight excluding hydrogens is 416 g/mol. The average molecular weight is 449 g/mol. The van der Waals surface area contributed by atoms with Gasteiger partial charge in [0, 0.05) is 23.5 Å². The number of fused-ring (bicyclic) bond motifs is 2. The summed E-state index contributed by atoms with van der Waals surface area (Å²) in [7, 11) is 0. The zero-order valence-corrected chi connectivity index (χ0v) is 19.6. The Kier molecular flexibility index (Phi) is 5.18. The molecule has 7 nitrogen and oxygen atoms in total. The summed E-state index contributed by atoms with van der Waals surface area (Å²) in [5, 5.41) is 9.20. The summed E-state index contributed by atoms with van der Waals surface area (Å²) in [6.45, 7) is 7.13. The number of benzene rings is 1. The molecule has 174 valence electrons. The van der Waals surface area contributed by atoms with Gasteiger partial charge in [-0.1, -0.05) is 45.4 Å². The Morgan fingerprint density at radius 1 is 1.21 bits per heavy atom. The van der Waals surface area contributed by atoms with E-state index in [2.05, 4.69) is 36.7 Å². The molecule has 3 N–H and O–H groups in total. The molecule has 1 aromatic heterocycles. The molecule has 2 aromatic rings. The van der Waals surface area contributed by atoms with Gasteiger partial charge in [0.25, 0.3) is 11.8 Å². The van der Waals surface area contributed by atoms with Crippen LogP contribution in [0.2, 0.25) is 0 Å². The van der Waals surface area contributed by atoms with E-state index in [1.165, 1.54) is 0 Å². The molecule has 3 atom stereocenters. The Bertz CT molecular complexity index is 1150. The third-order valence-electron chi connectivity index (χ3n) is 8.01. The zero-order valence-electron chi connectivity index (χ0n) is 19.6. The van der Waals surface area contributed by atoms with E-state index in [1.807, 2.05) is 24.3 Å². The Labute approximate surface area is 194 Å².